The number of nitrogens with zero attached hydrogens (tertiary/aromatic N) is 1. The first kappa shape index (κ1) is 20.6. The minimum atomic E-state index is -0.277. The predicted molar refractivity (Wildman–Crippen MR) is 116 cm³/mol. The van der Waals surface area contributed by atoms with E-state index in [9.17, 15) is 14.7 Å². The number of hydrogen-bond donors (Lipinski definition) is 2. The number of imide groups is 1. The van der Waals surface area contributed by atoms with Crippen molar-refractivity contribution in [2.45, 2.75) is 51.0 Å². The van der Waals surface area contributed by atoms with E-state index >= 15 is 0 Å². The first-order valence-electron chi connectivity index (χ1n) is 11.0. The van der Waals surface area contributed by atoms with Crippen molar-refractivity contribution >= 4 is 11.8 Å². The van der Waals surface area contributed by atoms with Gasteiger partial charge in [0.25, 0.3) is 5.91 Å². The Hall–Kier alpha value is -2.66. The van der Waals surface area contributed by atoms with Gasteiger partial charge >= 0.3 is 0 Å². The molecule has 0 aromatic heterocycles. The third-order valence-electron chi connectivity index (χ3n) is 6.77. The van der Waals surface area contributed by atoms with Crippen molar-refractivity contribution in [1.82, 2.24) is 10.2 Å². The van der Waals surface area contributed by atoms with Gasteiger partial charge in [-0.05, 0) is 80.4 Å². The first-order valence-corrected chi connectivity index (χ1v) is 11.0. The number of phenols is 1. The van der Waals surface area contributed by atoms with Crippen LogP contribution in [0.4, 0.5) is 0 Å². The lowest BCUT2D eigenvalue weighted by Crippen LogP contribution is -2.44. The first-order chi connectivity index (χ1) is 14.5. The van der Waals surface area contributed by atoms with E-state index in [-0.39, 0.29) is 17.7 Å². The summed E-state index contributed by atoms with van der Waals surface area (Å²) in [6.07, 6.45) is 4.55. The van der Waals surface area contributed by atoms with Gasteiger partial charge in [-0.1, -0.05) is 37.3 Å². The van der Waals surface area contributed by atoms with Crippen LogP contribution in [0.15, 0.2) is 48.5 Å². The highest BCUT2D eigenvalue weighted by Gasteiger charge is 2.32. The quantitative estimate of drug-likeness (QED) is 0.740. The van der Waals surface area contributed by atoms with Crippen molar-refractivity contribution in [3.63, 3.8) is 0 Å². The van der Waals surface area contributed by atoms with Gasteiger partial charge < -0.3 is 10.0 Å². The maximum absolute atomic E-state index is 12.7. The van der Waals surface area contributed by atoms with Crippen LogP contribution in [0, 0.1) is 5.92 Å². The molecule has 0 aliphatic carbocycles. The van der Waals surface area contributed by atoms with E-state index in [2.05, 4.69) is 17.1 Å². The normalized spacial score (nSPS) is 21.6. The number of nitrogens with one attached hydrogen (secondary N) is 1. The summed E-state index contributed by atoms with van der Waals surface area (Å²) in [5, 5.41) is 12.1. The zero-order chi connectivity index (χ0) is 21.1. The third-order valence-corrected chi connectivity index (χ3v) is 6.77. The van der Waals surface area contributed by atoms with Crippen LogP contribution in [0.1, 0.15) is 60.0 Å². The molecule has 1 fully saturated rings. The number of fused-ring (bicyclic) bond motifs is 1. The van der Waals surface area contributed by atoms with Gasteiger partial charge in [-0.15, -0.1) is 0 Å². The van der Waals surface area contributed by atoms with E-state index in [1.165, 1.54) is 5.56 Å². The summed E-state index contributed by atoms with van der Waals surface area (Å²) in [6.45, 7) is 4.20. The molecule has 4 rings (SSSR count). The van der Waals surface area contributed by atoms with Crippen LogP contribution in [0.2, 0.25) is 0 Å². The van der Waals surface area contributed by atoms with E-state index in [0.29, 0.717) is 29.7 Å². The molecule has 5 heteroatoms. The molecule has 2 amide bonds. The fourth-order valence-electron chi connectivity index (χ4n) is 5.00. The zero-order valence-corrected chi connectivity index (χ0v) is 17.5. The molecule has 0 saturated carbocycles. The van der Waals surface area contributed by atoms with E-state index < -0.39 is 0 Å². The molecule has 30 heavy (non-hydrogen) atoms. The molecule has 0 radical (unpaired) electrons. The van der Waals surface area contributed by atoms with Gasteiger partial charge in [-0.2, -0.15) is 0 Å². The molecule has 2 atom stereocenters. The van der Waals surface area contributed by atoms with Gasteiger partial charge in [0.1, 0.15) is 5.75 Å². The second kappa shape index (κ2) is 9.00. The van der Waals surface area contributed by atoms with E-state index in [0.717, 1.165) is 44.3 Å². The Morgan fingerprint density at radius 2 is 1.77 bits per heavy atom. The molecule has 2 aliphatic rings. The predicted octanol–water partition coefficient (Wildman–Crippen LogP) is 3.87. The fourth-order valence-corrected chi connectivity index (χ4v) is 5.00. The topological polar surface area (TPSA) is 69.6 Å². The molecule has 2 heterocycles. The van der Waals surface area contributed by atoms with Crippen molar-refractivity contribution in [1.29, 1.82) is 0 Å². The average molecular weight is 407 g/mol. The second-order valence-corrected chi connectivity index (χ2v) is 8.58. The van der Waals surface area contributed by atoms with Crippen molar-refractivity contribution in [3.05, 3.63) is 65.2 Å². The summed E-state index contributed by atoms with van der Waals surface area (Å²) in [5.74, 6) is 0.223. The third kappa shape index (κ3) is 4.41. The van der Waals surface area contributed by atoms with Gasteiger partial charge in [0.15, 0.2) is 0 Å². The molecule has 2 N–H and O–H groups in total. The average Bonchev–Trinajstić information content (AvgIpc) is 2.88. The molecule has 2 aromatic rings. The highest BCUT2D eigenvalue weighted by atomic mass is 16.3. The van der Waals surface area contributed by atoms with Crippen molar-refractivity contribution < 1.29 is 14.7 Å². The monoisotopic (exact) mass is 406 g/mol. The van der Waals surface area contributed by atoms with Crippen molar-refractivity contribution in [2.24, 2.45) is 5.92 Å². The molecule has 0 spiro atoms. The largest absolute Gasteiger partial charge is 0.508 e. The highest BCUT2D eigenvalue weighted by Crippen LogP contribution is 2.32. The lowest BCUT2D eigenvalue weighted by atomic mass is 9.86. The van der Waals surface area contributed by atoms with Gasteiger partial charge in [0.2, 0.25) is 5.91 Å². The second-order valence-electron chi connectivity index (χ2n) is 8.58. The Bertz CT molecular complexity index is 901. The molecule has 1 saturated heterocycles. The Kier molecular flexibility index (Phi) is 6.18. The van der Waals surface area contributed by atoms with Crippen LogP contribution >= 0.6 is 0 Å². The maximum Gasteiger partial charge on any atom is 0.258 e. The summed E-state index contributed by atoms with van der Waals surface area (Å²) in [6, 6.07) is 15.5. The lowest BCUT2D eigenvalue weighted by molar-refractivity contribution is -0.124. The number of likely N-dealkylation sites (tertiary alicyclic amines) is 1. The number of phenolic OH excluding ortho intramolecular Hbond substituents is 1. The minimum Gasteiger partial charge on any atom is -0.508 e. The van der Waals surface area contributed by atoms with Crippen LogP contribution in [0.25, 0.3) is 0 Å². The van der Waals surface area contributed by atoms with Gasteiger partial charge in [0.05, 0.1) is 0 Å². The molecule has 5 nitrogen and oxygen atoms in total. The summed E-state index contributed by atoms with van der Waals surface area (Å²) >= 11 is 0. The van der Waals surface area contributed by atoms with Gasteiger partial charge in [-0.3, -0.25) is 14.9 Å². The van der Waals surface area contributed by atoms with E-state index in [1.807, 2.05) is 30.3 Å². The SMILES string of the molecule is CCC(CC1Cc2ccccc2C(=O)NC1=O)N1CCC(c2ccc(O)cc2)CC1. The van der Waals surface area contributed by atoms with Gasteiger partial charge in [0, 0.05) is 17.5 Å². The smallest absolute Gasteiger partial charge is 0.258 e. The van der Waals surface area contributed by atoms with Crippen LogP contribution in [0.5, 0.6) is 5.75 Å². The molecule has 2 aliphatic heterocycles. The zero-order valence-electron chi connectivity index (χ0n) is 17.5. The molecule has 2 aromatic carbocycles. The lowest BCUT2D eigenvalue weighted by Gasteiger charge is -2.38. The van der Waals surface area contributed by atoms with Crippen molar-refractivity contribution in [2.75, 3.05) is 13.1 Å². The van der Waals surface area contributed by atoms with E-state index in [4.69, 9.17) is 0 Å². The number of carbonyl (C=O) groups excluding carboxylic acids is 2. The number of hydrogen-bond acceptors (Lipinski definition) is 4. The number of piperidine rings is 1. The molecular weight excluding hydrogens is 376 g/mol. The molecule has 158 valence electrons. The Morgan fingerprint density at radius 3 is 2.47 bits per heavy atom. The van der Waals surface area contributed by atoms with Crippen LogP contribution < -0.4 is 5.32 Å². The Balaban J connectivity index is 1.40. The summed E-state index contributed by atoms with van der Waals surface area (Å²) in [5.41, 5.74) is 2.88. The standard InChI is InChI=1S/C25H30N2O3/c1-2-21(27-13-11-18(12-14-27)17-7-9-22(28)10-8-17)16-20-15-19-5-3-4-6-23(19)25(30)26-24(20)29/h3-10,18,20-21,28H,2,11-16H2,1H3,(H,26,29,30). The molecule has 2 unspecified atom stereocenters. The summed E-state index contributed by atoms with van der Waals surface area (Å²) in [7, 11) is 0. The number of rotatable bonds is 5. The van der Waals surface area contributed by atoms with Crippen LogP contribution in [-0.2, 0) is 11.2 Å². The Morgan fingerprint density at radius 1 is 1.07 bits per heavy atom. The van der Waals surface area contributed by atoms with Crippen molar-refractivity contribution in [3.8, 4) is 5.75 Å². The number of carbonyl (C=O) groups is 2. The summed E-state index contributed by atoms with van der Waals surface area (Å²) in [4.78, 5) is 27.6. The van der Waals surface area contributed by atoms with Crippen LogP contribution in [-0.4, -0.2) is 41.0 Å². The highest BCUT2D eigenvalue weighted by molar-refractivity contribution is 6.07. The fraction of sp³-hybridized carbons (Fsp3) is 0.440. The number of aromatic hydroxyl groups is 1. The van der Waals surface area contributed by atoms with E-state index in [1.54, 1.807) is 18.2 Å². The molecule has 0 bridgehead atoms. The minimum absolute atomic E-state index is 0.145. The number of amides is 2. The van der Waals surface area contributed by atoms with Gasteiger partial charge in [-0.25, -0.2) is 0 Å². The number of benzene rings is 2. The van der Waals surface area contributed by atoms with Crippen LogP contribution in [0.3, 0.4) is 0 Å². The Labute approximate surface area is 178 Å². The maximum atomic E-state index is 12.7. The summed E-state index contributed by atoms with van der Waals surface area (Å²) < 4.78 is 0. The molecular formula is C25H30N2O3.